The maximum absolute atomic E-state index is 6.26. The smallest absolute Gasteiger partial charge is 0.161 e. The Kier molecular flexibility index (Phi) is 4.01. The SMILES string of the molecule is CCn1ncc(Cl)c1C(NN)c1ccc2c(c1)OCCO2. The molecule has 0 bridgehead atoms. The summed E-state index contributed by atoms with van der Waals surface area (Å²) in [6.45, 7) is 3.83. The van der Waals surface area contributed by atoms with E-state index in [1.807, 2.05) is 29.8 Å². The number of halogens is 1. The molecule has 0 aliphatic carbocycles. The summed E-state index contributed by atoms with van der Waals surface area (Å²) in [5.41, 5.74) is 4.58. The number of benzene rings is 1. The van der Waals surface area contributed by atoms with Gasteiger partial charge in [-0.2, -0.15) is 5.10 Å². The molecule has 1 aromatic heterocycles. The van der Waals surface area contributed by atoms with Crippen LogP contribution in [0.3, 0.4) is 0 Å². The van der Waals surface area contributed by atoms with Crippen LogP contribution in [-0.2, 0) is 6.54 Å². The predicted octanol–water partition coefficient (Wildman–Crippen LogP) is 1.88. The molecule has 3 rings (SSSR count). The van der Waals surface area contributed by atoms with Crippen LogP contribution >= 0.6 is 11.6 Å². The number of ether oxygens (including phenoxy) is 2. The third-order valence-electron chi connectivity index (χ3n) is 3.47. The average molecular weight is 309 g/mol. The van der Waals surface area contributed by atoms with Crippen molar-refractivity contribution >= 4 is 11.6 Å². The summed E-state index contributed by atoms with van der Waals surface area (Å²) in [5, 5.41) is 4.83. The first-order chi connectivity index (χ1) is 10.2. The lowest BCUT2D eigenvalue weighted by Gasteiger charge is -2.22. The number of rotatable bonds is 4. The van der Waals surface area contributed by atoms with Crippen LogP contribution in [0.1, 0.15) is 24.2 Å². The quantitative estimate of drug-likeness (QED) is 0.666. The molecule has 1 aromatic carbocycles. The van der Waals surface area contributed by atoms with Gasteiger partial charge in [0, 0.05) is 6.54 Å². The van der Waals surface area contributed by atoms with E-state index in [1.54, 1.807) is 6.20 Å². The van der Waals surface area contributed by atoms with Gasteiger partial charge in [0.25, 0.3) is 0 Å². The lowest BCUT2D eigenvalue weighted by molar-refractivity contribution is 0.171. The minimum absolute atomic E-state index is 0.268. The van der Waals surface area contributed by atoms with E-state index in [0.29, 0.717) is 24.8 Å². The predicted molar refractivity (Wildman–Crippen MR) is 79.5 cm³/mol. The lowest BCUT2D eigenvalue weighted by atomic mass is 10.0. The summed E-state index contributed by atoms with van der Waals surface area (Å²) in [5.74, 6) is 7.21. The number of hydrazine groups is 1. The molecule has 1 atom stereocenters. The zero-order chi connectivity index (χ0) is 14.8. The van der Waals surface area contributed by atoms with E-state index >= 15 is 0 Å². The maximum Gasteiger partial charge on any atom is 0.161 e. The number of hydrogen-bond donors (Lipinski definition) is 2. The number of nitrogens with one attached hydrogen (secondary N) is 1. The molecule has 1 aliphatic heterocycles. The van der Waals surface area contributed by atoms with Crippen LogP contribution in [0, 0.1) is 0 Å². The van der Waals surface area contributed by atoms with Crippen molar-refractivity contribution in [2.24, 2.45) is 5.84 Å². The number of hydrogen-bond acceptors (Lipinski definition) is 5. The Morgan fingerprint density at radius 2 is 2.14 bits per heavy atom. The highest BCUT2D eigenvalue weighted by Gasteiger charge is 2.23. The average Bonchev–Trinajstić information content (AvgIpc) is 2.89. The van der Waals surface area contributed by atoms with Crippen molar-refractivity contribution in [1.82, 2.24) is 15.2 Å². The van der Waals surface area contributed by atoms with Gasteiger partial charge in [-0.15, -0.1) is 0 Å². The van der Waals surface area contributed by atoms with Crippen molar-refractivity contribution in [2.75, 3.05) is 13.2 Å². The third-order valence-corrected chi connectivity index (χ3v) is 3.76. The highest BCUT2D eigenvalue weighted by Crippen LogP contribution is 2.35. The molecule has 21 heavy (non-hydrogen) atoms. The van der Waals surface area contributed by atoms with Crippen LogP contribution in [0.4, 0.5) is 0 Å². The molecule has 3 N–H and O–H groups in total. The van der Waals surface area contributed by atoms with Gasteiger partial charge in [0.05, 0.1) is 23.0 Å². The maximum atomic E-state index is 6.26. The molecule has 0 spiro atoms. The van der Waals surface area contributed by atoms with Gasteiger partial charge in [-0.25, -0.2) is 5.43 Å². The molecule has 2 heterocycles. The summed E-state index contributed by atoms with van der Waals surface area (Å²) in [6, 6.07) is 5.48. The summed E-state index contributed by atoms with van der Waals surface area (Å²) < 4.78 is 13.0. The second kappa shape index (κ2) is 5.93. The van der Waals surface area contributed by atoms with Crippen molar-refractivity contribution in [1.29, 1.82) is 0 Å². The van der Waals surface area contributed by atoms with E-state index in [1.165, 1.54) is 0 Å². The van der Waals surface area contributed by atoms with Crippen molar-refractivity contribution in [3.05, 3.63) is 40.7 Å². The Balaban J connectivity index is 2.02. The number of aromatic nitrogens is 2. The number of nitrogens with two attached hydrogens (primary N) is 1. The van der Waals surface area contributed by atoms with E-state index in [0.717, 1.165) is 22.8 Å². The Morgan fingerprint density at radius 3 is 2.86 bits per heavy atom. The molecule has 0 saturated carbocycles. The molecular weight excluding hydrogens is 292 g/mol. The van der Waals surface area contributed by atoms with Gasteiger partial charge in [-0.1, -0.05) is 17.7 Å². The van der Waals surface area contributed by atoms with Gasteiger partial charge in [0.15, 0.2) is 11.5 Å². The summed E-state index contributed by atoms with van der Waals surface area (Å²) in [4.78, 5) is 0. The Labute approximate surface area is 127 Å². The van der Waals surface area contributed by atoms with E-state index in [-0.39, 0.29) is 6.04 Å². The van der Waals surface area contributed by atoms with E-state index < -0.39 is 0 Å². The molecule has 1 aliphatic rings. The van der Waals surface area contributed by atoms with Gasteiger partial charge >= 0.3 is 0 Å². The van der Waals surface area contributed by atoms with Gasteiger partial charge in [-0.3, -0.25) is 10.5 Å². The standard InChI is InChI=1S/C14H17ClN4O2/c1-2-19-14(10(15)8-17-19)13(18-16)9-3-4-11-12(7-9)21-6-5-20-11/h3-4,7-8,13,18H,2,5-6,16H2,1H3. The molecule has 0 amide bonds. The fourth-order valence-corrected chi connectivity index (χ4v) is 2.73. The van der Waals surface area contributed by atoms with Gasteiger partial charge in [0.2, 0.25) is 0 Å². The Bertz CT molecular complexity index is 644. The molecular formula is C14H17ClN4O2. The van der Waals surface area contributed by atoms with E-state index in [2.05, 4.69) is 10.5 Å². The summed E-state index contributed by atoms with van der Waals surface area (Å²) in [6.07, 6.45) is 1.63. The second-order valence-corrected chi connectivity index (χ2v) is 5.10. The molecule has 1 unspecified atom stereocenters. The van der Waals surface area contributed by atoms with E-state index in [9.17, 15) is 0 Å². The highest BCUT2D eigenvalue weighted by molar-refractivity contribution is 6.31. The molecule has 0 radical (unpaired) electrons. The topological polar surface area (TPSA) is 74.3 Å². The number of fused-ring (bicyclic) bond motifs is 1. The van der Waals surface area contributed by atoms with Crippen molar-refractivity contribution in [3.8, 4) is 11.5 Å². The van der Waals surface area contributed by atoms with Gasteiger partial charge in [-0.05, 0) is 24.6 Å². The first kappa shape index (κ1) is 14.2. The number of nitrogens with zero attached hydrogens (tertiary/aromatic N) is 2. The molecule has 0 saturated heterocycles. The largest absolute Gasteiger partial charge is 0.486 e. The Morgan fingerprint density at radius 1 is 1.38 bits per heavy atom. The minimum Gasteiger partial charge on any atom is -0.486 e. The van der Waals surface area contributed by atoms with Crippen LogP contribution in [-0.4, -0.2) is 23.0 Å². The Hall–Kier alpha value is -1.76. The van der Waals surface area contributed by atoms with Crippen LogP contribution in [0.5, 0.6) is 11.5 Å². The van der Waals surface area contributed by atoms with Crippen molar-refractivity contribution in [2.45, 2.75) is 19.5 Å². The number of aryl methyl sites for hydroxylation is 1. The normalized spacial score (nSPS) is 15.0. The molecule has 6 nitrogen and oxygen atoms in total. The third kappa shape index (κ3) is 2.57. The van der Waals surface area contributed by atoms with Gasteiger partial charge < -0.3 is 9.47 Å². The zero-order valence-electron chi connectivity index (χ0n) is 11.7. The van der Waals surface area contributed by atoms with Crippen molar-refractivity contribution in [3.63, 3.8) is 0 Å². The second-order valence-electron chi connectivity index (χ2n) is 4.70. The molecule has 0 fully saturated rings. The first-order valence-electron chi connectivity index (χ1n) is 6.81. The van der Waals surface area contributed by atoms with Gasteiger partial charge in [0.1, 0.15) is 13.2 Å². The lowest BCUT2D eigenvalue weighted by Crippen LogP contribution is -2.31. The summed E-state index contributed by atoms with van der Waals surface area (Å²) >= 11 is 6.26. The minimum atomic E-state index is -0.268. The first-order valence-corrected chi connectivity index (χ1v) is 7.19. The van der Waals surface area contributed by atoms with Crippen molar-refractivity contribution < 1.29 is 9.47 Å². The zero-order valence-corrected chi connectivity index (χ0v) is 12.4. The monoisotopic (exact) mass is 308 g/mol. The molecule has 112 valence electrons. The van der Waals surface area contributed by atoms with Crippen LogP contribution in [0.15, 0.2) is 24.4 Å². The summed E-state index contributed by atoms with van der Waals surface area (Å²) in [7, 11) is 0. The fraction of sp³-hybridized carbons (Fsp3) is 0.357. The molecule has 2 aromatic rings. The highest BCUT2D eigenvalue weighted by atomic mass is 35.5. The van der Waals surface area contributed by atoms with E-state index in [4.69, 9.17) is 26.9 Å². The van der Waals surface area contributed by atoms with Crippen LogP contribution < -0.4 is 20.7 Å². The van der Waals surface area contributed by atoms with Crippen LogP contribution in [0.2, 0.25) is 5.02 Å². The fourth-order valence-electron chi connectivity index (χ4n) is 2.48. The molecule has 7 heteroatoms. The van der Waals surface area contributed by atoms with Crippen LogP contribution in [0.25, 0.3) is 0 Å².